The van der Waals surface area contributed by atoms with Crippen molar-refractivity contribution in [1.29, 1.82) is 0 Å². The molecule has 0 saturated carbocycles. The molecule has 2 saturated heterocycles. The molecule has 3 rings (SSSR count). The number of hydrogen-bond donors (Lipinski definition) is 0. The molecule has 0 N–H and O–H groups in total. The number of sulfone groups is 1. The maximum atomic E-state index is 12.5. The van der Waals surface area contributed by atoms with Crippen molar-refractivity contribution in [2.75, 3.05) is 31.3 Å². The SMILES string of the molecule is CN(C)c1cccc(C(=O)N2CC3CC2CS3(=O)=O)c1. The normalized spacial score (nSPS) is 26.8. The molecule has 2 aliphatic heterocycles. The van der Waals surface area contributed by atoms with E-state index in [9.17, 15) is 13.2 Å². The molecule has 2 aliphatic rings. The number of amides is 1. The molecule has 1 aromatic carbocycles. The molecule has 2 unspecified atom stereocenters. The van der Waals surface area contributed by atoms with E-state index in [1.807, 2.05) is 37.2 Å². The van der Waals surface area contributed by atoms with E-state index in [1.165, 1.54) is 0 Å². The topological polar surface area (TPSA) is 57.7 Å². The largest absolute Gasteiger partial charge is 0.378 e. The van der Waals surface area contributed by atoms with Gasteiger partial charge in [-0.2, -0.15) is 0 Å². The summed E-state index contributed by atoms with van der Waals surface area (Å²) >= 11 is 0. The van der Waals surface area contributed by atoms with E-state index in [1.54, 1.807) is 11.0 Å². The highest BCUT2D eigenvalue weighted by molar-refractivity contribution is 7.92. The molecule has 0 radical (unpaired) electrons. The first-order valence-corrected chi connectivity index (χ1v) is 8.40. The number of carbonyl (C=O) groups excluding carboxylic acids is 1. The highest BCUT2D eigenvalue weighted by Gasteiger charge is 2.50. The van der Waals surface area contributed by atoms with E-state index in [-0.39, 0.29) is 23.0 Å². The second-order valence-corrected chi connectivity index (χ2v) is 8.07. The summed E-state index contributed by atoms with van der Waals surface area (Å²) in [5.41, 5.74) is 1.59. The lowest BCUT2D eigenvalue weighted by Crippen LogP contribution is -2.44. The monoisotopic (exact) mass is 294 g/mol. The van der Waals surface area contributed by atoms with Crippen LogP contribution in [0.1, 0.15) is 16.8 Å². The van der Waals surface area contributed by atoms with Crippen molar-refractivity contribution >= 4 is 21.4 Å². The standard InChI is InChI=1S/C14H18N2O3S/c1-15(2)11-5-3-4-10(6-11)14(17)16-8-13-7-12(16)9-20(13,18)19/h3-6,12-13H,7-9H2,1-2H3. The average Bonchev–Trinajstić information content (AvgIpc) is 2.93. The molecule has 2 heterocycles. The molecule has 0 spiro atoms. The van der Waals surface area contributed by atoms with Crippen LogP contribution in [0.4, 0.5) is 5.69 Å². The van der Waals surface area contributed by atoms with Gasteiger partial charge >= 0.3 is 0 Å². The van der Waals surface area contributed by atoms with Gasteiger partial charge < -0.3 is 9.80 Å². The van der Waals surface area contributed by atoms with Gasteiger partial charge in [0.2, 0.25) is 0 Å². The van der Waals surface area contributed by atoms with Gasteiger partial charge in [-0.1, -0.05) is 6.07 Å². The smallest absolute Gasteiger partial charge is 0.254 e. The van der Waals surface area contributed by atoms with E-state index in [2.05, 4.69) is 0 Å². The summed E-state index contributed by atoms with van der Waals surface area (Å²) in [6, 6.07) is 7.30. The van der Waals surface area contributed by atoms with Crippen LogP contribution in [0.2, 0.25) is 0 Å². The fraction of sp³-hybridized carbons (Fsp3) is 0.500. The van der Waals surface area contributed by atoms with Crippen LogP contribution in [-0.2, 0) is 9.84 Å². The van der Waals surface area contributed by atoms with Crippen molar-refractivity contribution in [1.82, 2.24) is 4.90 Å². The van der Waals surface area contributed by atoms with Crippen LogP contribution < -0.4 is 4.90 Å². The summed E-state index contributed by atoms with van der Waals surface area (Å²) < 4.78 is 23.5. The Morgan fingerprint density at radius 1 is 1.35 bits per heavy atom. The van der Waals surface area contributed by atoms with E-state index in [0.29, 0.717) is 18.5 Å². The summed E-state index contributed by atoms with van der Waals surface area (Å²) in [5, 5.41) is -0.353. The number of rotatable bonds is 2. The number of hydrogen-bond acceptors (Lipinski definition) is 4. The van der Waals surface area contributed by atoms with Crippen LogP contribution in [0, 0.1) is 0 Å². The Hall–Kier alpha value is -1.56. The number of likely N-dealkylation sites (tertiary alicyclic amines) is 1. The third-order valence-corrected chi connectivity index (χ3v) is 6.39. The maximum absolute atomic E-state index is 12.5. The van der Waals surface area contributed by atoms with Crippen LogP contribution >= 0.6 is 0 Å². The van der Waals surface area contributed by atoms with E-state index < -0.39 is 9.84 Å². The molecule has 0 aliphatic carbocycles. The Morgan fingerprint density at radius 2 is 2.10 bits per heavy atom. The van der Waals surface area contributed by atoms with Gasteiger partial charge in [-0.25, -0.2) is 8.42 Å². The lowest BCUT2D eigenvalue weighted by molar-refractivity contribution is 0.0746. The summed E-state index contributed by atoms with van der Waals surface area (Å²) in [6.45, 7) is 0.345. The minimum atomic E-state index is -2.96. The fourth-order valence-electron chi connectivity index (χ4n) is 3.03. The summed E-state index contributed by atoms with van der Waals surface area (Å²) in [4.78, 5) is 16.2. The van der Waals surface area contributed by atoms with Crippen molar-refractivity contribution in [2.45, 2.75) is 17.7 Å². The fourth-order valence-corrected chi connectivity index (χ4v) is 5.06. The minimum absolute atomic E-state index is 0.0592. The molecule has 6 heteroatoms. The van der Waals surface area contributed by atoms with Crippen molar-refractivity contribution in [3.63, 3.8) is 0 Å². The molecule has 5 nitrogen and oxygen atoms in total. The van der Waals surface area contributed by atoms with Gasteiger partial charge in [0.05, 0.1) is 11.0 Å². The lowest BCUT2D eigenvalue weighted by Gasteiger charge is -2.27. The van der Waals surface area contributed by atoms with Crippen molar-refractivity contribution in [3.8, 4) is 0 Å². The molecule has 1 amide bonds. The van der Waals surface area contributed by atoms with Gasteiger partial charge in [0, 0.05) is 37.9 Å². The Balaban J connectivity index is 1.83. The third-order valence-electron chi connectivity index (χ3n) is 4.18. The van der Waals surface area contributed by atoms with Crippen LogP contribution in [0.5, 0.6) is 0 Å². The first kappa shape index (κ1) is 13.4. The second-order valence-electron chi connectivity index (χ2n) is 5.74. The third kappa shape index (κ3) is 2.08. The van der Waals surface area contributed by atoms with Crippen LogP contribution in [0.3, 0.4) is 0 Å². The Morgan fingerprint density at radius 3 is 2.65 bits per heavy atom. The summed E-state index contributed by atoms with van der Waals surface area (Å²) in [7, 11) is 0.889. The average molecular weight is 294 g/mol. The van der Waals surface area contributed by atoms with Gasteiger partial charge in [-0.05, 0) is 24.6 Å². The number of nitrogens with zero attached hydrogens (tertiary/aromatic N) is 2. The van der Waals surface area contributed by atoms with E-state index >= 15 is 0 Å². The summed E-state index contributed by atoms with van der Waals surface area (Å²) in [5.74, 6) is 0.0626. The molecular weight excluding hydrogens is 276 g/mol. The zero-order valence-electron chi connectivity index (χ0n) is 11.6. The van der Waals surface area contributed by atoms with Gasteiger partial charge in [-0.3, -0.25) is 4.79 Å². The quantitative estimate of drug-likeness (QED) is 0.808. The zero-order valence-corrected chi connectivity index (χ0v) is 12.4. The second kappa shape index (κ2) is 4.48. The number of benzene rings is 1. The summed E-state index contributed by atoms with van der Waals surface area (Å²) in [6.07, 6.45) is 0.599. The molecule has 2 bridgehead atoms. The molecule has 2 atom stereocenters. The van der Waals surface area contributed by atoms with E-state index in [4.69, 9.17) is 0 Å². The first-order chi connectivity index (χ1) is 9.38. The van der Waals surface area contributed by atoms with Gasteiger partial charge in [0.1, 0.15) is 0 Å². The maximum Gasteiger partial charge on any atom is 0.254 e. The number of anilines is 1. The molecule has 108 valence electrons. The Labute approximate surface area is 119 Å². The molecule has 0 aromatic heterocycles. The highest BCUT2D eigenvalue weighted by atomic mass is 32.2. The zero-order chi connectivity index (χ0) is 14.5. The molecular formula is C14H18N2O3S. The number of carbonyl (C=O) groups is 1. The lowest BCUT2D eigenvalue weighted by atomic mass is 10.1. The molecule has 2 fully saturated rings. The van der Waals surface area contributed by atoms with Gasteiger partial charge in [0.25, 0.3) is 5.91 Å². The van der Waals surface area contributed by atoms with Crippen molar-refractivity contribution in [2.24, 2.45) is 0 Å². The van der Waals surface area contributed by atoms with Crippen LogP contribution in [0.25, 0.3) is 0 Å². The number of fused-ring (bicyclic) bond motifs is 2. The van der Waals surface area contributed by atoms with Crippen molar-refractivity contribution < 1.29 is 13.2 Å². The first-order valence-electron chi connectivity index (χ1n) is 6.68. The molecule has 1 aromatic rings. The van der Waals surface area contributed by atoms with E-state index in [0.717, 1.165) is 5.69 Å². The minimum Gasteiger partial charge on any atom is -0.378 e. The van der Waals surface area contributed by atoms with Crippen molar-refractivity contribution in [3.05, 3.63) is 29.8 Å². The Bertz CT molecular complexity index is 654. The van der Waals surface area contributed by atoms with Gasteiger partial charge in [0.15, 0.2) is 9.84 Å². The Kier molecular flexibility index (Phi) is 3.01. The van der Waals surface area contributed by atoms with Crippen LogP contribution in [-0.4, -0.2) is 56.9 Å². The highest BCUT2D eigenvalue weighted by Crippen LogP contribution is 2.34. The predicted octanol–water partition coefficient (Wildman–Crippen LogP) is 0.764. The van der Waals surface area contributed by atoms with Gasteiger partial charge in [-0.15, -0.1) is 0 Å². The molecule has 20 heavy (non-hydrogen) atoms. The van der Waals surface area contributed by atoms with Crippen LogP contribution in [0.15, 0.2) is 24.3 Å². The predicted molar refractivity (Wildman–Crippen MR) is 77.8 cm³/mol.